The second-order valence-corrected chi connectivity index (χ2v) is 8.36. The van der Waals surface area contributed by atoms with Crippen LogP contribution in [0.1, 0.15) is 18.2 Å². The monoisotopic (exact) mass is 465 g/mol. The van der Waals surface area contributed by atoms with Crippen molar-refractivity contribution in [2.75, 3.05) is 27.9 Å². The number of aromatic nitrogens is 2. The van der Waals surface area contributed by atoms with Gasteiger partial charge in [0.05, 0.1) is 32.7 Å². The molecular weight excluding hydrogens is 438 g/mol. The molecule has 0 bridgehead atoms. The molecule has 2 aromatic heterocycles. The maximum absolute atomic E-state index is 13.0. The van der Waals surface area contributed by atoms with E-state index < -0.39 is 0 Å². The van der Waals surface area contributed by atoms with Crippen LogP contribution in [0.3, 0.4) is 0 Å². The van der Waals surface area contributed by atoms with Gasteiger partial charge in [-0.3, -0.25) is 14.1 Å². The number of benzene rings is 2. The Morgan fingerprint density at radius 1 is 0.970 bits per heavy atom. The minimum Gasteiger partial charge on any atom is -0.493 e. The molecule has 0 unspecified atom stereocenters. The summed E-state index contributed by atoms with van der Waals surface area (Å²) in [6.07, 6.45) is 0. The molecule has 2 heterocycles. The molecule has 2 aromatic carbocycles. The van der Waals surface area contributed by atoms with Gasteiger partial charge < -0.3 is 14.2 Å². The van der Waals surface area contributed by atoms with Crippen molar-refractivity contribution in [1.82, 2.24) is 14.3 Å². The quantitative estimate of drug-likeness (QED) is 0.363. The Balaban J connectivity index is 1.60. The van der Waals surface area contributed by atoms with Crippen molar-refractivity contribution >= 4 is 16.3 Å². The summed E-state index contributed by atoms with van der Waals surface area (Å²) >= 11 is 1.48. The largest absolute Gasteiger partial charge is 0.493 e. The highest BCUT2D eigenvalue weighted by Crippen LogP contribution is 2.38. The molecule has 0 N–H and O–H groups in total. The standard InChI is InChI=1S/C25H27N3O4S/c1-5-27(14-17-11-21(30-2)24(32-4)22(12-17)31-3)15-19-13-23(29)28-20(16-33-25(28)26-19)18-9-7-6-8-10-18/h6-13,16H,5,14-15H2,1-4H3. The average molecular weight is 466 g/mol. The first-order valence-electron chi connectivity index (χ1n) is 10.6. The topological polar surface area (TPSA) is 65.3 Å². The molecule has 172 valence electrons. The van der Waals surface area contributed by atoms with E-state index in [1.807, 2.05) is 47.8 Å². The summed E-state index contributed by atoms with van der Waals surface area (Å²) in [5.74, 6) is 1.80. The number of rotatable bonds is 9. The first-order valence-corrected chi connectivity index (χ1v) is 11.5. The van der Waals surface area contributed by atoms with E-state index in [-0.39, 0.29) is 5.56 Å². The molecule has 0 aliphatic rings. The highest BCUT2D eigenvalue weighted by atomic mass is 32.1. The van der Waals surface area contributed by atoms with Crippen LogP contribution in [-0.4, -0.2) is 42.2 Å². The van der Waals surface area contributed by atoms with E-state index in [1.54, 1.807) is 31.8 Å². The first-order chi connectivity index (χ1) is 16.1. The Kier molecular flexibility index (Phi) is 6.96. The maximum atomic E-state index is 13.0. The average Bonchev–Trinajstić information content (AvgIpc) is 3.28. The summed E-state index contributed by atoms with van der Waals surface area (Å²) in [4.78, 5) is 20.7. The second-order valence-electron chi connectivity index (χ2n) is 7.53. The van der Waals surface area contributed by atoms with Crippen molar-refractivity contribution in [1.29, 1.82) is 0 Å². The SMILES string of the molecule is CCN(Cc1cc(OC)c(OC)c(OC)c1)Cc1cc(=O)n2c(-c3ccccc3)csc2n1. The predicted molar refractivity (Wildman–Crippen MR) is 131 cm³/mol. The smallest absolute Gasteiger partial charge is 0.259 e. The minimum atomic E-state index is -0.0704. The van der Waals surface area contributed by atoms with Gasteiger partial charge in [0, 0.05) is 24.5 Å². The van der Waals surface area contributed by atoms with E-state index in [1.165, 1.54) is 11.3 Å². The van der Waals surface area contributed by atoms with Crippen molar-refractivity contribution in [3.63, 3.8) is 0 Å². The molecule has 0 radical (unpaired) electrons. The van der Waals surface area contributed by atoms with Crippen LogP contribution in [0.5, 0.6) is 17.2 Å². The lowest BCUT2D eigenvalue weighted by Gasteiger charge is -2.21. The fourth-order valence-electron chi connectivity index (χ4n) is 3.85. The number of ether oxygens (including phenoxy) is 3. The Hall–Kier alpha value is -3.36. The molecule has 7 nitrogen and oxygen atoms in total. The van der Waals surface area contributed by atoms with Gasteiger partial charge in [-0.25, -0.2) is 4.98 Å². The van der Waals surface area contributed by atoms with Crippen LogP contribution < -0.4 is 19.8 Å². The van der Waals surface area contributed by atoms with Crippen molar-refractivity contribution < 1.29 is 14.2 Å². The van der Waals surface area contributed by atoms with E-state index in [0.29, 0.717) is 35.3 Å². The first kappa shape index (κ1) is 22.8. The minimum absolute atomic E-state index is 0.0704. The fourth-order valence-corrected chi connectivity index (χ4v) is 4.77. The number of fused-ring (bicyclic) bond motifs is 1. The molecule has 8 heteroatoms. The van der Waals surface area contributed by atoms with Gasteiger partial charge in [-0.1, -0.05) is 37.3 Å². The normalized spacial score (nSPS) is 11.2. The summed E-state index contributed by atoms with van der Waals surface area (Å²) < 4.78 is 18.1. The molecule has 0 amide bonds. The molecule has 33 heavy (non-hydrogen) atoms. The van der Waals surface area contributed by atoms with E-state index in [9.17, 15) is 4.79 Å². The number of hydrogen-bond acceptors (Lipinski definition) is 7. The molecule has 0 aliphatic heterocycles. The predicted octanol–water partition coefficient (Wildman–Crippen LogP) is 4.47. The van der Waals surface area contributed by atoms with Crippen molar-refractivity contribution in [3.8, 4) is 28.5 Å². The van der Waals surface area contributed by atoms with Gasteiger partial charge in [0.25, 0.3) is 5.56 Å². The van der Waals surface area contributed by atoms with Gasteiger partial charge in [-0.2, -0.15) is 0 Å². The summed E-state index contributed by atoms with van der Waals surface area (Å²) in [7, 11) is 4.80. The molecule has 4 rings (SSSR count). The number of nitrogens with zero attached hydrogens (tertiary/aromatic N) is 3. The lowest BCUT2D eigenvalue weighted by molar-refractivity contribution is 0.266. The number of hydrogen-bond donors (Lipinski definition) is 0. The summed E-state index contributed by atoms with van der Waals surface area (Å²) in [6.45, 7) is 4.07. The Labute approximate surface area is 196 Å². The van der Waals surface area contributed by atoms with Gasteiger partial charge in [-0.15, -0.1) is 11.3 Å². The lowest BCUT2D eigenvalue weighted by Crippen LogP contribution is -2.25. The van der Waals surface area contributed by atoms with Gasteiger partial charge in [-0.05, 0) is 29.8 Å². The van der Waals surface area contributed by atoms with Crippen molar-refractivity contribution in [2.24, 2.45) is 0 Å². The molecule has 0 aliphatic carbocycles. The van der Waals surface area contributed by atoms with E-state index in [2.05, 4.69) is 11.8 Å². The van der Waals surface area contributed by atoms with Gasteiger partial charge >= 0.3 is 0 Å². The van der Waals surface area contributed by atoms with Crippen LogP contribution in [0.2, 0.25) is 0 Å². The third-order valence-corrected chi connectivity index (χ3v) is 6.32. The zero-order valence-electron chi connectivity index (χ0n) is 19.2. The molecule has 0 fully saturated rings. The van der Waals surface area contributed by atoms with Gasteiger partial charge in [0.1, 0.15) is 0 Å². The third kappa shape index (κ3) is 4.72. The van der Waals surface area contributed by atoms with E-state index in [4.69, 9.17) is 19.2 Å². The van der Waals surface area contributed by atoms with Gasteiger partial charge in [0.15, 0.2) is 16.5 Å². The summed E-state index contributed by atoms with van der Waals surface area (Å²) in [6, 6.07) is 15.4. The lowest BCUT2D eigenvalue weighted by atomic mass is 10.1. The number of thiazole rings is 1. The summed E-state index contributed by atoms with van der Waals surface area (Å²) in [5, 5.41) is 1.98. The summed E-state index contributed by atoms with van der Waals surface area (Å²) in [5.41, 5.74) is 3.56. The molecule has 4 aromatic rings. The van der Waals surface area contributed by atoms with Crippen LogP contribution in [-0.2, 0) is 13.1 Å². The Morgan fingerprint density at radius 3 is 2.27 bits per heavy atom. The zero-order valence-corrected chi connectivity index (χ0v) is 20.0. The molecule has 0 spiro atoms. The van der Waals surface area contributed by atoms with Crippen LogP contribution in [0, 0.1) is 0 Å². The molecule has 0 saturated carbocycles. The maximum Gasteiger partial charge on any atom is 0.259 e. The van der Waals surface area contributed by atoms with Crippen LogP contribution in [0.4, 0.5) is 0 Å². The highest BCUT2D eigenvalue weighted by Gasteiger charge is 2.16. The van der Waals surface area contributed by atoms with Gasteiger partial charge in [0.2, 0.25) is 5.75 Å². The Bertz CT molecular complexity index is 1280. The molecular formula is C25H27N3O4S. The van der Waals surface area contributed by atoms with Crippen molar-refractivity contribution in [2.45, 2.75) is 20.0 Å². The van der Waals surface area contributed by atoms with Crippen LogP contribution >= 0.6 is 11.3 Å². The van der Waals surface area contributed by atoms with Crippen LogP contribution in [0.25, 0.3) is 16.2 Å². The molecule has 0 atom stereocenters. The zero-order chi connectivity index (χ0) is 23.4. The van der Waals surface area contributed by atoms with Crippen LogP contribution in [0.15, 0.2) is 58.7 Å². The Morgan fingerprint density at radius 2 is 1.67 bits per heavy atom. The third-order valence-electron chi connectivity index (χ3n) is 5.49. The fraction of sp³-hybridized carbons (Fsp3) is 0.280. The second kappa shape index (κ2) is 10.1. The molecule has 0 saturated heterocycles. The van der Waals surface area contributed by atoms with Crippen molar-refractivity contribution in [3.05, 3.63) is 75.5 Å². The van der Waals surface area contributed by atoms with E-state index >= 15 is 0 Å². The number of methoxy groups -OCH3 is 3. The van der Waals surface area contributed by atoms with E-state index in [0.717, 1.165) is 29.1 Å². The highest BCUT2D eigenvalue weighted by molar-refractivity contribution is 7.15.